The quantitative estimate of drug-likeness (QED) is 0.166. The Morgan fingerprint density at radius 2 is 1.16 bits per heavy atom. The molecule has 0 aliphatic heterocycles. The normalized spacial score (nSPS) is 10.4. The minimum absolute atomic E-state index is 0. The molecule has 4 heteroatoms. The molecule has 2 heterocycles. The predicted molar refractivity (Wildman–Crippen MR) is 152 cm³/mol. The predicted octanol–water partition coefficient (Wildman–Crippen LogP) is 9.28. The molecule has 0 saturated carbocycles. The summed E-state index contributed by atoms with van der Waals surface area (Å²) in [6.45, 7) is 0. The van der Waals surface area contributed by atoms with Crippen LogP contribution in [0.4, 0.5) is 11.4 Å². The van der Waals surface area contributed by atoms with Crippen molar-refractivity contribution in [2.24, 2.45) is 0 Å². The molecular weight excluding hydrogens is 645 g/mol. The van der Waals surface area contributed by atoms with E-state index in [1.807, 2.05) is 84.9 Å². The molecule has 0 saturated heterocycles. The summed E-state index contributed by atoms with van der Waals surface area (Å²) in [7, 11) is 0. The van der Waals surface area contributed by atoms with Gasteiger partial charge in [0.15, 0.2) is 0 Å². The van der Waals surface area contributed by atoms with Gasteiger partial charge < -0.3 is 5.32 Å². The summed E-state index contributed by atoms with van der Waals surface area (Å²) in [4.78, 5) is 9.56. The third-order valence-corrected chi connectivity index (χ3v) is 6.20. The van der Waals surface area contributed by atoms with Crippen LogP contribution in [0.5, 0.6) is 0 Å². The van der Waals surface area contributed by atoms with E-state index >= 15 is 0 Å². The topological polar surface area (TPSA) is 39.9 Å². The first-order valence-electron chi connectivity index (χ1n) is 12.2. The molecule has 6 rings (SSSR count). The smallest absolute Gasteiger partial charge is 0.657 e. The van der Waals surface area contributed by atoms with Crippen molar-refractivity contribution < 1.29 is 21.1 Å². The fraction of sp³-hybridized carbons (Fsp3) is 0. The van der Waals surface area contributed by atoms with Crippen LogP contribution in [0.2, 0.25) is 0 Å². The van der Waals surface area contributed by atoms with Crippen molar-refractivity contribution in [1.29, 1.82) is 0 Å². The van der Waals surface area contributed by atoms with Gasteiger partial charge in [-0.25, -0.2) is 0 Å². The van der Waals surface area contributed by atoms with Gasteiger partial charge in [0, 0.05) is 6.20 Å². The molecule has 0 fully saturated rings. The van der Waals surface area contributed by atoms with E-state index < -0.39 is 0 Å². The molecule has 184 valence electrons. The minimum Gasteiger partial charge on any atom is -0.657 e. The second-order valence-corrected chi connectivity index (χ2v) is 8.63. The molecule has 0 radical (unpaired) electrons. The van der Waals surface area contributed by atoms with E-state index in [9.17, 15) is 0 Å². The minimum atomic E-state index is 0. The molecule has 3 nitrogen and oxygen atoms in total. The third kappa shape index (κ3) is 5.49. The van der Waals surface area contributed by atoms with Crippen molar-refractivity contribution in [1.82, 2.24) is 9.97 Å². The van der Waals surface area contributed by atoms with Crippen LogP contribution in [0, 0.1) is 6.07 Å². The first-order valence-corrected chi connectivity index (χ1v) is 12.2. The third-order valence-electron chi connectivity index (χ3n) is 6.20. The summed E-state index contributed by atoms with van der Waals surface area (Å²) in [5.41, 5.74) is 9.60. The number of pyridine rings is 2. The number of benzene rings is 4. The molecule has 6 aromatic rings. The average Bonchev–Trinajstić information content (AvgIpc) is 2.99. The van der Waals surface area contributed by atoms with E-state index in [0.717, 1.165) is 50.7 Å². The van der Waals surface area contributed by atoms with Gasteiger partial charge in [0.1, 0.15) is 0 Å². The van der Waals surface area contributed by atoms with E-state index in [4.69, 9.17) is 10.3 Å². The van der Waals surface area contributed by atoms with Gasteiger partial charge >= 0.3 is 21.1 Å². The molecule has 0 atom stereocenters. The maximum Gasteiger partial charge on any atom is 2.00 e. The number of nitrogens with zero attached hydrogens (tertiary/aromatic N) is 3. The summed E-state index contributed by atoms with van der Waals surface area (Å²) in [6, 6.07) is 48.1. The molecule has 2 aromatic heterocycles. The molecule has 0 aliphatic rings. The first-order chi connectivity index (χ1) is 18.3. The number of aromatic nitrogens is 2. The van der Waals surface area contributed by atoms with E-state index in [2.05, 4.69) is 59.6 Å². The van der Waals surface area contributed by atoms with E-state index in [1.54, 1.807) is 6.20 Å². The molecule has 0 unspecified atom stereocenters. The van der Waals surface area contributed by atoms with Crippen LogP contribution in [0.25, 0.3) is 50.2 Å². The molecular formula is C34H23N3Pt. The monoisotopic (exact) mass is 668 g/mol. The van der Waals surface area contributed by atoms with Crippen molar-refractivity contribution in [2.45, 2.75) is 0 Å². The summed E-state index contributed by atoms with van der Waals surface area (Å²) in [5, 5.41) is 5.06. The standard InChI is InChI=1S/C34H23N3.Pt/c1-2-12-25(13-3-1)26-14-10-15-27(24-26)30-21-11-22-34(36-30)29-17-5-7-20-33(29)37-32-19-6-4-16-28(32)31-18-8-9-23-35-31;/h1-14,16-24H;/q-2;+2. The Morgan fingerprint density at radius 3 is 1.89 bits per heavy atom. The van der Waals surface area contributed by atoms with Crippen LogP contribution in [-0.2, 0) is 21.1 Å². The van der Waals surface area contributed by atoms with Crippen LogP contribution in [0.1, 0.15) is 0 Å². The number of hydrogen-bond donors (Lipinski definition) is 0. The molecule has 4 aromatic carbocycles. The Hall–Kier alpha value is -4.33. The average molecular weight is 669 g/mol. The maximum atomic E-state index is 5.06. The van der Waals surface area contributed by atoms with Gasteiger partial charge in [-0.15, -0.1) is 46.8 Å². The summed E-state index contributed by atoms with van der Waals surface area (Å²) in [6.07, 6.45) is 1.80. The Balaban J connectivity index is 0.00000294. The fourth-order valence-electron chi connectivity index (χ4n) is 4.39. The van der Waals surface area contributed by atoms with Crippen molar-refractivity contribution in [3.8, 4) is 44.9 Å². The van der Waals surface area contributed by atoms with Gasteiger partial charge in [-0.1, -0.05) is 97.1 Å². The van der Waals surface area contributed by atoms with E-state index in [0.29, 0.717) is 0 Å². The molecule has 38 heavy (non-hydrogen) atoms. The fourth-order valence-corrected chi connectivity index (χ4v) is 4.39. The maximum absolute atomic E-state index is 5.06. The number of para-hydroxylation sites is 2. The van der Waals surface area contributed by atoms with Gasteiger partial charge in [-0.05, 0) is 40.6 Å². The van der Waals surface area contributed by atoms with E-state index in [-0.39, 0.29) is 21.1 Å². The van der Waals surface area contributed by atoms with Crippen molar-refractivity contribution >= 4 is 11.4 Å². The molecule has 0 amide bonds. The summed E-state index contributed by atoms with van der Waals surface area (Å²) >= 11 is 0. The second kappa shape index (κ2) is 11.8. The molecule has 0 spiro atoms. The van der Waals surface area contributed by atoms with Crippen LogP contribution in [0.15, 0.2) is 140 Å². The van der Waals surface area contributed by atoms with Crippen molar-refractivity contribution in [3.05, 3.63) is 151 Å². The van der Waals surface area contributed by atoms with Gasteiger partial charge in [-0.2, -0.15) is 0 Å². The van der Waals surface area contributed by atoms with Crippen molar-refractivity contribution in [3.63, 3.8) is 0 Å². The molecule has 0 aliphatic carbocycles. The summed E-state index contributed by atoms with van der Waals surface area (Å²) < 4.78 is 0. The Kier molecular flexibility index (Phi) is 7.87. The van der Waals surface area contributed by atoms with Gasteiger partial charge in [0.05, 0.1) is 11.4 Å². The zero-order chi connectivity index (χ0) is 24.9. The summed E-state index contributed by atoms with van der Waals surface area (Å²) in [5.74, 6) is 0. The number of hydrogen-bond acceptors (Lipinski definition) is 2. The van der Waals surface area contributed by atoms with Crippen LogP contribution in [0.3, 0.4) is 0 Å². The van der Waals surface area contributed by atoms with Crippen molar-refractivity contribution in [2.75, 3.05) is 0 Å². The zero-order valence-corrected chi connectivity index (χ0v) is 22.7. The Labute approximate surface area is 237 Å². The number of rotatable bonds is 6. The van der Waals surface area contributed by atoms with Gasteiger partial charge in [0.25, 0.3) is 0 Å². The Bertz CT molecular complexity index is 1650. The SMILES string of the molecule is [Pt+2].[c-]1ccc(-c2ccccc2)cc1-c1cccc(-c2ccccc2[N-]c2ccccc2-c2ccccn2)n1. The largest absolute Gasteiger partial charge is 2.00 e. The molecule has 0 N–H and O–H groups in total. The first kappa shape index (κ1) is 25.3. The van der Waals surface area contributed by atoms with Crippen LogP contribution >= 0.6 is 0 Å². The molecule has 0 bridgehead atoms. The zero-order valence-electron chi connectivity index (χ0n) is 20.4. The Morgan fingerprint density at radius 1 is 0.526 bits per heavy atom. The second-order valence-electron chi connectivity index (χ2n) is 8.63. The van der Waals surface area contributed by atoms with Crippen LogP contribution < -0.4 is 0 Å². The van der Waals surface area contributed by atoms with Gasteiger partial charge in [-0.3, -0.25) is 9.97 Å². The van der Waals surface area contributed by atoms with Gasteiger partial charge in [0.2, 0.25) is 0 Å². The van der Waals surface area contributed by atoms with E-state index in [1.165, 1.54) is 5.56 Å². The van der Waals surface area contributed by atoms with Crippen LogP contribution in [-0.4, -0.2) is 9.97 Å².